The van der Waals surface area contributed by atoms with Crippen LogP contribution in [0.5, 0.6) is 0 Å². The molecule has 124 valence electrons. The third-order valence-corrected chi connectivity index (χ3v) is 4.28. The van der Waals surface area contributed by atoms with Crippen LogP contribution in [0.3, 0.4) is 0 Å². The molecular formula is C15H19N3O5. The SMILES string of the molecule is Cc1ccc(NC(=O)N2CCC3(CC2)OCCO3)cc1[N+](=O)[O-]. The van der Waals surface area contributed by atoms with Gasteiger partial charge in [-0.15, -0.1) is 0 Å². The number of aryl methyl sites for hydroxylation is 1. The van der Waals surface area contributed by atoms with Gasteiger partial charge in [-0.25, -0.2) is 4.79 Å². The van der Waals surface area contributed by atoms with Crippen molar-refractivity contribution in [3.8, 4) is 0 Å². The van der Waals surface area contributed by atoms with E-state index in [1.165, 1.54) is 6.07 Å². The van der Waals surface area contributed by atoms with Gasteiger partial charge in [0.2, 0.25) is 0 Å². The predicted molar refractivity (Wildman–Crippen MR) is 82.3 cm³/mol. The smallest absolute Gasteiger partial charge is 0.321 e. The number of nitrogens with zero attached hydrogens (tertiary/aromatic N) is 2. The number of likely N-dealkylation sites (tertiary alicyclic amines) is 1. The van der Waals surface area contributed by atoms with Crippen LogP contribution >= 0.6 is 0 Å². The average Bonchev–Trinajstić information content (AvgIpc) is 2.97. The van der Waals surface area contributed by atoms with Gasteiger partial charge in [0.05, 0.1) is 18.1 Å². The minimum atomic E-state index is -0.528. The third kappa shape index (κ3) is 3.27. The summed E-state index contributed by atoms with van der Waals surface area (Å²) in [5, 5.41) is 13.7. The maximum Gasteiger partial charge on any atom is 0.321 e. The first-order valence-electron chi connectivity index (χ1n) is 7.58. The molecule has 2 amide bonds. The highest BCUT2D eigenvalue weighted by Gasteiger charge is 2.40. The number of benzene rings is 1. The topological polar surface area (TPSA) is 93.9 Å². The van der Waals surface area contributed by atoms with Gasteiger partial charge in [0, 0.05) is 43.2 Å². The lowest BCUT2D eigenvalue weighted by Gasteiger charge is -2.37. The molecule has 0 unspecified atom stereocenters. The molecule has 0 bridgehead atoms. The van der Waals surface area contributed by atoms with Crippen molar-refractivity contribution in [2.75, 3.05) is 31.6 Å². The van der Waals surface area contributed by atoms with Crippen LogP contribution in [0.15, 0.2) is 18.2 Å². The quantitative estimate of drug-likeness (QED) is 0.666. The number of hydrogen-bond acceptors (Lipinski definition) is 5. The second-order valence-electron chi connectivity index (χ2n) is 5.78. The maximum absolute atomic E-state index is 12.3. The Morgan fingerprint density at radius 1 is 1.30 bits per heavy atom. The van der Waals surface area contributed by atoms with Crippen LogP contribution in [-0.2, 0) is 9.47 Å². The number of carbonyl (C=O) groups is 1. The van der Waals surface area contributed by atoms with E-state index in [9.17, 15) is 14.9 Å². The fourth-order valence-corrected chi connectivity index (χ4v) is 2.92. The van der Waals surface area contributed by atoms with Crippen molar-refractivity contribution in [2.24, 2.45) is 0 Å². The molecule has 2 aliphatic heterocycles. The first-order valence-corrected chi connectivity index (χ1v) is 7.58. The summed E-state index contributed by atoms with van der Waals surface area (Å²) in [7, 11) is 0. The van der Waals surface area contributed by atoms with Gasteiger partial charge in [0.1, 0.15) is 0 Å². The molecule has 0 radical (unpaired) electrons. The highest BCUT2D eigenvalue weighted by molar-refractivity contribution is 5.89. The molecule has 8 nitrogen and oxygen atoms in total. The van der Waals surface area contributed by atoms with E-state index < -0.39 is 10.7 Å². The van der Waals surface area contributed by atoms with Crippen LogP contribution in [0.2, 0.25) is 0 Å². The number of anilines is 1. The van der Waals surface area contributed by atoms with Crippen LogP contribution < -0.4 is 5.32 Å². The molecule has 23 heavy (non-hydrogen) atoms. The molecule has 1 N–H and O–H groups in total. The number of ether oxygens (including phenoxy) is 2. The summed E-state index contributed by atoms with van der Waals surface area (Å²) >= 11 is 0. The zero-order chi connectivity index (χ0) is 16.4. The molecule has 2 fully saturated rings. The molecule has 2 saturated heterocycles. The Labute approximate surface area is 133 Å². The van der Waals surface area contributed by atoms with Crippen molar-refractivity contribution < 1.29 is 19.2 Å². The lowest BCUT2D eigenvalue weighted by molar-refractivity contribution is -0.385. The van der Waals surface area contributed by atoms with E-state index in [2.05, 4.69) is 5.32 Å². The Morgan fingerprint density at radius 3 is 2.57 bits per heavy atom. The Bertz CT molecular complexity index is 618. The van der Waals surface area contributed by atoms with Gasteiger partial charge in [-0.1, -0.05) is 6.07 Å². The van der Waals surface area contributed by atoms with Crippen molar-refractivity contribution in [3.05, 3.63) is 33.9 Å². The molecule has 0 aromatic heterocycles. The summed E-state index contributed by atoms with van der Waals surface area (Å²) in [6.45, 7) is 3.91. The van der Waals surface area contributed by atoms with Crippen molar-refractivity contribution in [2.45, 2.75) is 25.6 Å². The van der Waals surface area contributed by atoms with Gasteiger partial charge in [-0.2, -0.15) is 0 Å². The van der Waals surface area contributed by atoms with E-state index in [0.717, 1.165) is 0 Å². The van der Waals surface area contributed by atoms with Gasteiger partial charge < -0.3 is 19.7 Å². The molecule has 0 aliphatic carbocycles. The predicted octanol–water partition coefficient (Wildman–Crippen LogP) is 2.27. The highest BCUT2D eigenvalue weighted by atomic mass is 16.7. The van der Waals surface area contributed by atoms with Crippen molar-refractivity contribution in [3.63, 3.8) is 0 Å². The molecule has 2 aliphatic rings. The molecular weight excluding hydrogens is 302 g/mol. The molecule has 3 rings (SSSR count). The number of hydrogen-bond donors (Lipinski definition) is 1. The summed E-state index contributed by atoms with van der Waals surface area (Å²) in [6, 6.07) is 4.39. The average molecular weight is 321 g/mol. The maximum atomic E-state index is 12.3. The molecule has 0 saturated carbocycles. The lowest BCUT2D eigenvalue weighted by atomic mass is 10.0. The first kappa shape index (κ1) is 15.7. The Balaban J connectivity index is 1.61. The summed E-state index contributed by atoms with van der Waals surface area (Å²) in [5.41, 5.74) is 0.970. The third-order valence-electron chi connectivity index (χ3n) is 4.28. The number of nitro benzene ring substituents is 1. The second-order valence-corrected chi connectivity index (χ2v) is 5.78. The summed E-state index contributed by atoms with van der Waals surface area (Å²) in [6.07, 6.45) is 1.27. The van der Waals surface area contributed by atoms with E-state index in [4.69, 9.17) is 9.47 Å². The van der Waals surface area contributed by atoms with Gasteiger partial charge >= 0.3 is 6.03 Å². The van der Waals surface area contributed by atoms with Gasteiger partial charge in [0.25, 0.3) is 5.69 Å². The number of carbonyl (C=O) groups excluding carboxylic acids is 1. The summed E-state index contributed by atoms with van der Waals surface area (Å²) in [5.74, 6) is -0.528. The van der Waals surface area contributed by atoms with Gasteiger partial charge in [-0.05, 0) is 13.0 Å². The van der Waals surface area contributed by atoms with E-state index >= 15 is 0 Å². The fraction of sp³-hybridized carbons (Fsp3) is 0.533. The number of nitro groups is 1. The Hall–Kier alpha value is -2.19. The number of rotatable bonds is 2. The van der Waals surface area contributed by atoms with Crippen molar-refractivity contribution in [1.29, 1.82) is 0 Å². The first-order chi connectivity index (χ1) is 11.0. The minimum Gasteiger partial charge on any atom is -0.347 e. The molecule has 8 heteroatoms. The van der Waals surface area contributed by atoms with E-state index in [1.54, 1.807) is 24.0 Å². The van der Waals surface area contributed by atoms with Crippen LogP contribution in [0.4, 0.5) is 16.2 Å². The zero-order valence-electron chi connectivity index (χ0n) is 12.9. The van der Waals surface area contributed by atoms with Crippen LogP contribution in [-0.4, -0.2) is 47.9 Å². The largest absolute Gasteiger partial charge is 0.347 e. The Morgan fingerprint density at radius 2 is 1.96 bits per heavy atom. The van der Waals surface area contributed by atoms with E-state index in [-0.39, 0.29) is 11.7 Å². The monoisotopic (exact) mass is 321 g/mol. The molecule has 1 spiro atoms. The molecule has 1 aromatic carbocycles. The minimum absolute atomic E-state index is 0.00634. The van der Waals surface area contributed by atoms with Gasteiger partial charge in [0.15, 0.2) is 5.79 Å². The van der Waals surface area contributed by atoms with Crippen LogP contribution in [0.25, 0.3) is 0 Å². The zero-order valence-corrected chi connectivity index (χ0v) is 12.9. The van der Waals surface area contributed by atoms with Gasteiger partial charge in [-0.3, -0.25) is 10.1 Å². The normalized spacial score (nSPS) is 19.8. The number of urea groups is 1. The van der Waals surface area contributed by atoms with Crippen LogP contribution in [0, 0.1) is 17.0 Å². The van der Waals surface area contributed by atoms with Crippen molar-refractivity contribution >= 4 is 17.4 Å². The molecule has 0 atom stereocenters. The summed E-state index contributed by atoms with van der Waals surface area (Å²) in [4.78, 5) is 24.5. The second kappa shape index (κ2) is 6.13. The highest BCUT2D eigenvalue weighted by Crippen LogP contribution is 2.31. The lowest BCUT2D eigenvalue weighted by Crippen LogP contribution is -2.48. The fourth-order valence-electron chi connectivity index (χ4n) is 2.92. The number of amides is 2. The van der Waals surface area contributed by atoms with E-state index in [0.29, 0.717) is 50.4 Å². The summed E-state index contributed by atoms with van der Waals surface area (Å²) < 4.78 is 11.3. The molecule has 1 aromatic rings. The molecule has 2 heterocycles. The number of nitrogens with one attached hydrogen (secondary N) is 1. The van der Waals surface area contributed by atoms with E-state index in [1.807, 2.05) is 0 Å². The Kier molecular flexibility index (Phi) is 4.18. The van der Waals surface area contributed by atoms with Crippen molar-refractivity contribution in [1.82, 2.24) is 4.90 Å². The number of piperidine rings is 1. The van der Waals surface area contributed by atoms with Crippen LogP contribution in [0.1, 0.15) is 18.4 Å². The standard InChI is InChI=1S/C15H19N3O5/c1-11-2-3-12(10-13(11)18(20)21)16-14(19)17-6-4-15(5-7-17)22-8-9-23-15/h2-3,10H,4-9H2,1H3,(H,16,19).